The Kier molecular flexibility index (Phi) is 6.47. The number of hydrogen-bond acceptors (Lipinski definition) is 4. The van der Waals surface area contributed by atoms with Crippen molar-refractivity contribution in [1.29, 1.82) is 0 Å². The first-order valence-corrected chi connectivity index (χ1v) is 9.40. The number of carboxylic acid groups (broad SMARTS) is 1. The predicted octanol–water partition coefficient (Wildman–Crippen LogP) is 3.34. The minimum absolute atomic E-state index is 0.142. The van der Waals surface area contributed by atoms with Gasteiger partial charge in [-0.25, -0.2) is 9.78 Å². The molecule has 0 spiro atoms. The number of pyridine rings is 1. The summed E-state index contributed by atoms with van der Waals surface area (Å²) in [5, 5.41) is 12.2. The van der Waals surface area contributed by atoms with Gasteiger partial charge in [0, 0.05) is 25.4 Å². The van der Waals surface area contributed by atoms with Gasteiger partial charge in [-0.2, -0.15) is 0 Å². The second kappa shape index (κ2) is 9.21. The number of likely N-dealkylation sites (tertiary alicyclic amines) is 1. The number of nitrogens with zero attached hydrogens (tertiary/aromatic N) is 2. The molecule has 1 aliphatic rings. The molecule has 0 saturated carbocycles. The number of ether oxygens (including phenoxy) is 1. The van der Waals surface area contributed by atoms with Crippen LogP contribution in [0.1, 0.15) is 41.2 Å². The summed E-state index contributed by atoms with van der Waals surface area (Å²) in [6.07, 6.45) is 3.01. The van der Waals surface area contributed by atoms with E-state index in [2.05, 4.69) is 10.3 Å². The van der Waals surface area contributed by atoms with Crippen molar-refractivity contribution in [2.75, 3.05) is 20.2 Å². The fraction of sp³-hybridized carbons (Fsp3) is 0.381. The summed E-state index contributed by atoms with van der Waals surface area (Å²) < 4.78 is 5.04. The van der Waals surface area contributed by atoms with Crippen molar-refractivity contribution in [3.05, 3.63) is 59.8 Å². The number of hydrogen-bond donors (Lipinski definition) is 2. The third-order valence-corrected chi connectivity index (χ3v) is 5.17. The normalized spacial score (nSPS) is 15.7. The number of carbonyl (C=O) groups is 2. The summed E-state index contributed by atoms with van der Waals surface area (Å²) in [5.74, 6) is 0.628. The molecule has 2 N–H and O–H groups in total. The van der Waals surface area contributed by atoms with Crippen LogP contribution >= 0.6 is 0 Å². The molecule has 7 heteroatoms. The van der Waals surface area contributed by atoms with E-state index in [-0.39, 0.29) is 11.9 Å². The van der Waals surface area contributed by atoms with Crippen LogP contribution < -0.4 is 10.1 Å². The van der Waals surface area contributed by atoms with Crippen LogP contribution in [0, 0.1) is 5.92 Å². The van der Waals surface area contributed by atoms with E-state index in [9.17, 15) is 9.59 Å². The van der Waals surface area contributed by atoms with E-state index in [1.165, 1.54) is 18.2 Å². The summed E-state index contributed by atoms with van der Waals surface area (Å²) in [5.41, 5.74) is 1.51. The van der Waals surface area contributed by atoms with Gasteiger partial charge in [-0.3, -0.25) is 4.79 Å². The van der Waals surface area contributed by atoms with Crippen LogP contribution in [-0.4, -0.2) is 47.2 Å². The molecule has 1 unspecified atom stereocenters. The highest BCUT2D eigenvalue weighted by Crippen LogP contribution is 2.29. The molecule has 1 atom stereocenters. The molecule has 2 aromatic rings. The Morgan fingerprint density at radius 2 is 1.93 bits per heavy atom. The summed E-state index contributed by atoms with van der Waals surface area (Å²) in [7, 11) is 1.53. The Balaban J connectivity index is 1.69. The Labute approximate surface area is 164 Å². The molecule has 0 aliphatic carbocycles. The molecule has 1 saturated heterocycles. The summed E-state index contributed by atoms with van der Waals surface area (Å²) in [4.78, 5) is 29.4. The molecule has 148 valence electrons. The van der Waals surface area contributed by atoms with Crippen LogP contribution in [0.2, 0.25) is 0 Å². The van der Waals surface area contributed by atoms with E-state index in [0.29, 0.717) is 30.5 Å². The minimum Gasteiger partial charge on any atom is -0.481 e. The molecule has 0 radical (unpaired) electrons. The van der Waals surface area contributed by atoms with Crippen LogP contribution in [0.3, 0.4) is 0 Å². The Hall–Kier alpha value is -3.09. The van der Waals surface area contributed by atoms with Crippen molar-refractivity contribution in [2.45, 2.75) is 25.3 Å². The Morgan fingerprint density at radius 1 is 1.21 bits per heavy atom. The lowest BCUT2D eigenvalue weighted by atomic mass is 9.87. The molecule has 0 bridgehead atoms. The number of piperidine rings is 1. The largest absolute Gasteiger partial charge is 0.481 e. The maximum atomic E-state index is 12.7. The van der Waals surface area contributed by atoms with Crippen molar-refractivity contribution in [2.24, 2.45) is 5.92 Å². The zero-order chi connectivity index (χ0) is 19.9. The van der Waals surface area contributed by atoms with Gasteiger partial charge in [0.05, 0.1) is 18.7 Å². The lowest BCUT2D eigenvalue weighted by Crippen LogP contribution is -2.39. The van der Waals surface area contributed by atoms with Gasteiger partial charge in [0.2, 0.25) is 5.88 Å². The Morgan fingerprint density at radius 3 is 2.50 bits per heavy atom. The predicted molar refractivity (Wildman–Crippen MR) is 104 cm³/mol. The number of amides is 2. The van der Waals surface area contributed by atoms with Gasteiger partial charge < -0.3 is 20.1 Å². The topological polar surface area (TPSA) is 91.8 Å². The fourth-order valence-electron chi connectivity index (χ4n) is 3.53. The average molecular weight is 383 g/mol. The van der Waals surface area contributed by atoms with Crippen molar-refractivity contribution in [3.8, 4) is 5.88 Å². The zero-order valence-corrected chi connectivity index (χ0v) is 15.9. The lowest BCUT2D eigenvalue weighted by molar-refractivity contribution is 0.0922. The van der Waals surface area contributed by atoms with Crippen LogP contribution in [-0.2, 0) is 0 Å². The Bertz CT molecular complexity index is 787. The van der Waals surface area contributed by atoms with Crippen molar-refractivity contribution < 1.29 is 19.4 Å². The third-order valence-electron chi connectivity index (χ3n) is 5.17. The molecule has 1 fully saturated rings. The smallest absolute Gasteiger partial charge is 0.407 e. The third kappa shape index (κ3) is 5.00. The highest BCUT2D eigenvalue weighted by atomic mass is 16.5. The minimum atomic E-state index is -0.863. The fourth-order valence-corrected chi connectivity index (χ4v) is 3.53. The number of benzene rings is 1. The number of rotatable bonds is 6. The average Bonchev–Trinajstić information content (AvgIpc) is 2.74. The van der Waals surface area contributed by atoms with E-state index >= 15 is 0 Å². The molecule has 1 aliphatic heterocycles. The van der Waals surface area contributed by atoms with E-state index in [4.69, 9.17) is 9.84 Å². The lowest BCUT2D eigenvalue weighted by Gasteiger charge is -2.32. The highest BCUT2D eigenvalue weighted by Gasteiger charge is 2.26. The maximum Gasteiger partial charge on any atom is 0.407 e. The number of nitrogens with one attached hydrogen (secondary N) is 1. The first-order valence-electron chi connectivity index (χ1n) is 9.40. The van der Waals surface area contributed by atoms with Gasteiger partial charge in [-0.15, -0.1) is 0 Å². The molecule has 28 heavy (non-hydrogen) atoms. The van der Waals surface area contributed by atoms with Crippen LogP contribution in [0.4, 0.5) is 4.79 Å². The number of carbonyl (C=O) groups excluding carboxylic acids is 1. The van der Waals surface area contributed by atoms with E-state index in [1.807, 2.05) is 30.3 Å². The molecule has 1 aromatic heterocycles. The van der Waals surface area contributed by atoms with E-state index < -0.39 is 6.09 Å². The van der Waals surface area contributed by atoms with Crippen molar-refractivity contribution in [1.82, 2.24) is 15.2 Å². The van der Waals surface area contributed by atoms with Crippen LogP contribution in [0.15, 0.2) is 48.7 Å². The molecule has 7 nitrogen and oxygen atoms in total. The van der Waals surface area contributed by atoms with Crippen LogP contribution in [0.5, 0.6) is 5.88 Å². The van der Waals surface area contributed by atoms with E-state index in [0.717, 1.165) is 24.8 Å². The molecule has 3 rings (SSSR count). The maximum absolute atomic E-state index is 12.7. The molecule has 2 amide bonds. The zero-order valence-electron chi connectivity index (χ0n) is 15.9. The molecule has 2 heterocycles. The summed E-state index contributed by atoms with van der Waals surface area (Å²) >= 11 is 0. The van der Waals surface area contributed by atoms with Gasteiger partial charge in [-0.1, -0.05) is 30.3 Å². The van der Waals surface area contributed by atoms with Crippen molar-refractivity contribution in [3.63, 3.8) is 0 Å². The molecular weight excluding hydrogens is 358 g/mol. The number of aromatic nitrogens is 1. The highest BCUT2D eigenvalue weighted by molar-refractivity contribution is 5.94. The van der Waals surface area contributed by atoms with Gasteiger partial charge in [0.25, 0.3) is 5.91 Å². The molecular formula is C21H25N3O4. The standard InChI is InChI=1S/C21H25N3O4/c1-28-19-8-7-17(14-22-19)20(25)23-18(16-5-3-2-4-6-16)13-15-9-11-24(12-10-15)21(26)27/h2-8,14-15,18H,9-13H2,1H3,(H,23,25)(H,26,27). The van der Waals surface area contributed by atoms with Gasteiger partial charge >= 0.3 is 6.09 Å². The second-order valence-electron chi connectivity index (χ2n) is 6.97. The monoisotopic (exact) mass is 383 g/mol. The van der Waals surface area contributed by atoms with Crippen LogP contribution in [0.25, 0.3) is 0 Å². The molecule has 1 aromatic carbocycles. The van der Waals surface area contributed by atoms with Gasteiger partial charge in [-0.05, 0) is 36.8 Å². The summed E-state index contributed by atoms with van der Waals surface area (Å²) in [6.45, 7) is 1.08. The first-order chi connectivity index (χ1) is 13.6. The quantitative estimate of drug-likeness (QED) is 0.798. The van der Waals surface area contributed by atoms with Gasteiger partial charge in [0.15, 0.2) is 0 Å². The van der Waals surface area contributed by atoms with Gasteiger partial charge in [0.1, 0.15) is 0 Å². The summed E-state index contributed by atoms with van der Waals surface area (Å²) in [6, 6.07) is 13.1. The second-order valence-corrected chi connectivity index (χ2v) is 6.97. The van der Waals surface area contributed by atoms with Crippen molar-refractivity contribution >= 4 is 12.0 Å². The SMILES string of the molecule is COc1ccc(C(=O)NC(CC2CCN(C(=O)O)CC2)c2ccccc2)cn1. The number of methoxy groups -OCH3 is 1. The van der Waals surface area contributed by atoms with E-state index in [1.54, 1.807) is 12.1 Å². The first kappa shape index (κ1) is 19.7.